The molecule has 1 aromatic carbocycles. The monoisotopic (exact) mass is 530 g/mol. The van der Waals surface area contributed by atoms with E-state index < -0.39 is 0 Å². The molecule has 218 valence electrons. The van der Waals surface area contributed by atoms with Crippen molar-refractivity contribution in [2.24, 2.45) is 0 Å². The highest BCUT2D eigenvalue weighted by Gasteiger charge is 2.16. The van der Waals surface area contributed by atoms with Gasteiger partial charge in [-0.25, -0.2) is 0 Å². The summed E-state index contributed by atoms with van der Waals surface area (Å²) in [7, 11) is 3.74. The van der Waals surface area contributed by atoms with Crippen LogP contribution in [0.1, 0.15) is 113 Å². The molecule has 0 heterocycles. The normalized spacial score (nSPS) is 11.4. The van der Waals surface area contributed by atoms with Crippen molar-refractivity contribution in [3.8, 4) is 0 Å². The van der Waals surface area contributed by atoms with Gasteiger partial charge in [-0.2, -0.15) is 0 Å². The molecule has 1 rings (SSSR count). The molecule has 0 N–H and O–H groups in total. The van der Waals surface area contributed by atoms with Crippen LogP contribution in [0.15, 0.2) is 24.3 Å². The first-order chi connectivity index (χ1) is 18.4. The van der Waals surface area contributed by atoms with Gasteiger partial charge >= 0.3 is 0 Å². The van der Waals surface area contributed by atoms with E-state index in [-0.39, 0.29) is 11.8 Å². The van der Waals surface area contributed by atoms with Crippen molar-refractivity contribution < 1.29 is 9.59 Å². The second kappa shape index (κ2) is 21.0. The zero-order valence-corrected chi connectivity index (χ0v) is 25.6. The third kappa shape index (κ3) is 13.7. The van der Waals surface area contributed by atoms with E-state index in [4.69, 9.17) is 0 Å². The molecule has 6 heteroatoms. The number of hydrogen-bond acceptors (Lipinski definition) is 4. The first kappa shape index (κ1) is 34.1. The van der Waals surface area contributed by atoms with Gasteiger partial charge in [0.25, 0.3) is 11.8 Å². The predicted molar refractivity (Wildman–Crippen MR) is 162 cm³/mol. The minimum Gasteiger partial charge on any atom is -0.340 e. The molecule has 0 aromatic heterocycles. The van der Waals surface area contributed by atoms with E-state index in [0.717, 1.165) is 39.3 Å². The second-order valence-corrected chi connectivity index (χ2v) is 10.7. The minimum absolute atomic E-state index is 0.00822. The van der Waals surface area contributed by atoms with Crippen molar-refractivity contribution in [1.82, 2.24) is 19.6 Å². The van der Waals surface area contributed by atoms with Crippen LogP contribution >= 0.6 is 0 Å². The Morgan fingerprint density at radius 1 is 0.500 bits per heavy atom. The smallest absolute Gasteiger partial charge is 0.253 e. The lowest BCUT2D eigenvalue weighted by Gasteiger charge is -2.25. The third-order valence-corrected chi connectivity index (χ3v) is 7.63. The van der Waals surface area contributed by atoms with E-state index in [1.165, 1.54) is 64.2 Å². The zero-order valence-electron chi connectivity index (χ0n) is 25.6. The van der Waals surface area contributed by atoms with Gasteiger partial charge in [-0.1, -0.05) is 79.1 Å². The van der Waals surface area contributed by atoms with E-state index in [9.17, 15) is 9.59 Å². The van der Waals surface area contributed by atoms with Gasteiger partial charge in [0.05, 0.1) is 0 Å². The largest absolute Gasteiger partial charge is 0.340 e. The summed E-state index contributed by atoms with van der Waals surface area (Å²) in [6.07, 6.45) is 12.8. The lowest BCUT2D eigenvalue weighted by molar-refractivity contribution is 0.0767. The molecular formula is C32H58N4O2. The Kier molecular flexibility index (Phi) is 18.8. The average molecular weight is 531 g/mol. The van der Waals surface area contributed by atoms with Crippen LogP contribution in [0.3, 0.4) is 0 Å². The Labute approximate surface area is 234 Å². The van der Waals surface area contributed by atoms with Crippen molar-refractivity contribution >= 4 is 11.8 Å². The van der Waals surface area contributed by atoms with Crippen LogP contribution in [0.4, 0.5) is 0 Å². The van der Waals surface area contributed by atoms with Gasteiger partial charge in [0, 0.05) is 51.4 Å². The first-order valence-corrected chi connectivity index (χ1v) is 15.4. The highest BCUT2D eigenvalue weighted by Crippen LogP contribution is 2.11. The van der Waals surface area contributed by atoms with Crippen LogP contribution in [-0.4, -0.2) is 97.9 Å². The molecule has 0 fully saturated rings. The molecule has 0 aliphatic heterocycles. The van der Waals surface area contributed by atoms with Crippen molar-refractivity contribution in [3.63, 3.8) is 0 Å². The number of hydrogen-bond donors (Lipinski definition) is 0. The number of amides is 2. The third-order valence-electron chi connectivity index (χ3n) is 7.63. The predicted octanol–water partition coefficient (Wildman–Crippen LogP) is 6.42. The fraction of sp³-hybridized carbons (Fsp3) is 0.750. The summed E-state index contributed by atoms with van der Waals surface area (Å²) in [6.45, 7) is 16.3. The summed E-state index contributed by atoms with van der Waals surface area (Å²) >= 11 is 0. The molecule has 0 unspecified atom stereocenters. The van der Waals surface area contributed by atoms with Gasteiger partial charge in [-0.3, -0.25) is 9.59 Å². The Balaban J connectivity index is 2.48. The highest BCUT2D eigenvalue weighted by molar-refractivity contribution is 5.97. The van der Waals surface area contributed by atoms with E-state index in [0.29, 0.717) is 24.2 Å². The van der Waals surface area contributed by atoms with Gasteiger partial charge in [-0.05, 0) is 63.3 Å². The van der Waals surface area contributed by atoms with E-state index >= 15 is 0 Å². The summed E-state index contributed by atoms with van der Waals surface area (Å²) in [5.74, 6) is 0.0164. The number of carbonyl (C=O) groups is 2. The maximum Gasteiger partial charge on any atom is 0.253 e. The number of carbonyl (C=O) groups excluding carboxylic acids is 2. The van der Waals surface area contributed by atoms with Gasteiger partial charge < -0.3 is 19.6 Å². The molecule has 2 amide bonds. The molecule has 0 radical (unpaired) electrons. The number of unbranched alkanes of at least 4 members (excludes halogenated alkanes) is 8. The van der Waals surface area contributed by atoms with Crippen LogP contribution in [0, 0.1) is 0 Å². The zero-order chi connectivity index (χ0) is 28.2. The molecule has 0 aliphatic carbocycles. The summed E-state index contributed by atoms with van der Waals surface area (Å²) in [5.41, 5.74) is 1.27. The topological polar surface area (TPSA) is 47.1 Å². The van der Waals surface area contributed by atoms with Crippen LogP contribution < -0.4 is 0 Å². The Morgan fingerprint density at radius 3 is 1.16 bits per heavy atom. The van der Waals surface area contributed by atoms with Gasteiger partial charge in [-0.15, -0.1) is 0 Å². The molecule has 0 saturated heterocycles. The van der Waals surface area contributed by atoms with E-state index in [1.54, 1.807) is 34.1 Å². The molecule has 0 saturated carbocycles. The maximum atomic E-state index is 13.0. The fourth-order valence-electron chi connectivity index (χ4n) is 4.72. The van der Waals surface area contributed by atoms with Crippen LogP contribution in [0.2, 0.25) is 0 Å². The van der Waals surface area contributed by atoms with Crippen molar-refractivity contribution in [3.05, 3.63) is 35.4 Å². The Hall–Kier alpha value is -1.92. The van der Waals surface area contributed by atoms with E-state index in [2.05, 4.69) is 37.5 Å². The molecule has 38 heavy (non-hydrogen) atoms. The quantitative estimate of drug-likeness (QED) is 0.162. The van der Waals surface area contributed by atoms with E-state index in [1.807, 2.05) is 14.1 Å². The lowest BCUT2D eigenvalue weighted by atomic mass is 10.1. The minimum atomic E-state index is 0.00822. The first-order valence-electron chi connectivity index (χ1n) is 15.4. The summed E-state index contributed by atoms with van der Waals surface area (Å²) in [6, 6.07) is 7.17. The number of benzene rings is 1. The summed E-state index contributed by atoms with van der Waals surface area (Å²) in [4.78, 5) is 34.4. The lowest BCUT2D eigenvalue weighted by Crippen LogP contribution is -2.37. The molecule has 0 bridgehead atoms. The fourth-order valence-corrected chi connectivity index (χ4v) is 4.72. The number of likely N-dealkylation sites (N-methyl/N-ethyl adjacent to an activating group) is 4. The summed E-state index contributed by atoms with van der Waals surface area (Å²) < 4.78 is 0. The molecule has 0 atom stereocenters. The van der Waals surface area contributed by atoms with Crippen LogP contribution in [0.5, 0.6) is 0 Å². The SMILES string of the molecule is CCCCCCCN(CC)CCN(C)C(=O)c1ccc(C(=O)N(C)CCN(CC)CCCCCCC)cc1. The molecule has 1 aromatic rings. The molecule has 6 nitrogen and oxygen atoms in total. The van der Waals surface area contributed by atoms with Crippen LogP contribution in [0.25, 0.3) is 0 Å². The van der Waals surface area contributed by atoms with Crippen LogP contribution in [-0.2, 0) is 0 Å². The second-order valence-electron chi connectivity index (χ2n) is 10.7. The average Bonchev–Trinajstić information content (AvgIpc) is 2.94. The number of nitrogens with zero attached hydrogens (tertiary/aromatic N) is 4. The Bertz CT molecular complexity index is 689. The molecule has 0 aliphatic rings. The molecule has 0 spiro atoms. The van der Waals surface area contributed by atoms with Gasteiger partial charge in [0.15, 0.2) is 0 Å². The summed E-state index contributed by atoms with van der Waals surface area (Å²) in [5, 5.41) is 0. The maximum absolute atomic E-state index is 13.0. The van der Waals surface area contributed by atoms with Crippen molar-refractivity contribution in [2.75, 3.05) is 66.5 Å². The van der Waals surface area contributed by atoms with Gasteiger partial charge in [0.1, 0.15) is 0 Å². The Morgan fingerprint density at radius 2 is 0.842 bits per heavy atom. The van der Waals surface area contributed by atoms with Gasteiger partial charge in [0.2, 0.25) is 0 Å². The van der Waals surface area contributed by atoms with Crippen molar-refractivity contribution in [1.29, 1.82) is 0 Å². The number of rotatable bonds is 22. The van der Waals surface area contributed by atoms with Crippen molar-refractivity contribution in [2.45, 2.75) is 91.9 Å². The highest BCUT2D eigenvalue weighted by atomic mass is 16.2. The standard InChI is InChI=1S/C32H58N4O2/c1-7-11-13-15-17-23-35(9-3)27-25-33(5)31(37)29-19-21-30(22-20-29)32(38)34(6)26-28-36(10-4)24-18-16-14-12-8-2/h19-22H,7-18,23-28H2,1-6H3. The molecular weight excluding hydrogens is 472 g/mol.